The van der Waals surface area contributed by atoms with E-state index in [1.807, 2.05) is 35.9 Å². The average molecular weight is 399 g/mol. The number of allylic oxidation sites excluding steroid dienone is 3. The summed E-state index contributed by atoms with van der Waals surface area (Å²) in [4.78, 5) is 4.41. The van der Waals surface area contributed by atoms with Gasteiger partial charge in [0.15, 0.2) is 0 Å². The Bertz CT molecular complexity index is 1110. The molecule has 2 aromatic rings. The molecule has 1 fully saturated rings. The second-order valence-corrected chi connectivity index (χ2v) is 7.53. The Kier molecular flexibility index (Phi) is 5.28. The molecule has 0 bridgehead atoms. The highest BCUT2D eigenvalue weighted by molar-refractivity contribution is 5.99. The number of hydrogen-bond acceptors (Lipinski definition) is 5. The molecule has 4 rings (SSSR count). The number of rotatable bonds is 6. The van der Waals surface area contributed by atoms with Gasteiger partial charge in [0, 0.05) is 11.9 Å². The van der Waals surface area contributed by atoms with Crippen molar-refractivity contribution in [2.75, 3.05) is 0 Å². The number of nitriles is 1. The van der Waals surface area contributed by atoms with E-state index in [0.717, 1.165) is 47.4 Å². The highest BCUT2D eigenvalue weighted by Crippen LogP contribution is 2.48. The van der Waals surface area contributed by atoms with E-state index in [2.05, 4.69) is 24.6 Å². The van der Waals surface area contributed by atoms with Crippen molar-refractivity contribution in [3.63, 3.8) is 0 Å². The molecule has 152 valence electrons. The quantitative estimate of drug-likeness (QED) is 0.572. The molecule has 6 heteroatoms. The molecule has 1 atom stereocenters. The van der Waals surface area contributed by atoms with Gasteiger partial charge >= 0.3 is 0 Å². The predicted octanol–water partition coefficient (Wildman–Crippen LogP) is 4.51. The van der Waals surface area contributed by atoms with Gasteiger partial charge in [-0.2, -0.15) is 10.4 Å². The van der Waals surface area contributed by atoms with Gasteiger partial charge in [0.1, 0.15) is 11.6 Å². The van der Waals surface area contributed by atoms with E-state index in [9.17, 15) is 5.26 Å². The molecule has 2 aliphatic rings. The summed E-state index contributed by atoms with van der Waals surface area (Å²) in [5.74, 6) is 0.566. The van der Waals surface area contributed by atoms with E-state index in [0.29, 0.717) is 17.5 Å². The highest BCUT2D eigenvalue weighted by atomic mass is 16.5. The van der Waals surface area contributed by atoms with Gasteiger partial charge < -0.3 is 10.5 Å². The molecule has 0 spiro atoms. The minimum atomic E-state index is -0.284. The summed E-state index contributed by atoms with van der Waals surface area (Å²) in [6, 6.07) is 10.7. The number of aromatic nitrogens is 2. The van der Waals surface area contributed by atoms with Crippen LogP contribution in [0.4, 0.5) is 0 Å². The van der Waals surface area contributed by atoms with Gasteiger partial charge in [-0.1, -0.05) is 43.8 Å². The first-order valence-corrected chi connectivity index (χ1v) is 10.2. The van der Waals surface area contributed by atoms with Crippen LogP contribution >= 0.6 is 0 Å². The van der Waals surface area contributed by atoms with Crippen LogP contribution in [-0.2, 0) is 6.42 Å². The van der Waals surface area contributed by atoms with Crippen molar-refractivity contribution in [2.24, 2.45) is 10.7 Å². The molecular weight excluding hydrogens is 374 g/mol. The first-order chi connectivity index (χ1) is 14.6. The molecule has 0 amide bonds. The Morgan fingerprint density at radius 3 is 2.73 bits per heavy atom. The maximum absolute atomic E-state index is 9.84. The summed E-state index contributed by atoms with van der Waals surface area (Å²) < 4.78 is 7.88. The van der Waals surface area contributed by atoms with Crippen molar-refractivity contribution in [3.05, 3.63) is 83.0 Å². The lowest BCUT2D eigenvalue weighted by molar-refractivity contribution is 0.347. The zero-order chi connectivity index (χ0) is 21.3. The van der Waals surface area contributed by atoms with Crippen LogP contribution in [0.1, 0.15) is 61.0 Å². The Labute approximate surface area is 176 Å². The maximum atomic E-state index is 9.84. The molecule has 6 nitrogen and oxygen atoms in total. The second-order valence-electron chi connectivity index (χ2n) is 7.53. The molecule has 0 radical (unpaired) electrons. The van der Waals surface area contributed by atoms with Gasteiger partial charge in [0.2, 0.25) is 11.8 Å². The van der Waals surface area contributed by atoms with E-state index in [-0.39, 0.29) is 11.8 Å². The molecule has 1 aromatic carbocycles. The summed E-state index contributed by atoms with van der Waals surface area (Å²) in [6.07, 6.45) is 8.15. The molecule has 1 unspecified atom stereocenters. The van der Waals surface area contributed by atoms with Crippen LogP contribution < -0.4 is 10.5 Å². The number of nitrogens with two attached hydrogens (primary N) is 1. The molecule has 1 aromatic heterocycles. The molecule has 0 saturated heterocycles. The van der Waals surface area contributed by atoms with Crippen molar-refractivity contribution in [1.29, 1.82) is 5.26 Å². The van der Waals surface area contributed by atoms with Crippen LogP contribution in [-0.4, -0.2) is 15.5 Å². The Hall–Kier alpha value is -3.59. The van der Waals surface area contributed by atoms with E-state index in [4.69, 9.17) is 15.6 Å². The fourth-order valence-electron chi connectivity index (χ4n) is 3.80. The Balaban J connectivity index is 1.78. The lowest BCUT2D eigenvalue weighted by atomic mass is 9.83. The lowest BCUT2D eigenvalue weighted by Crippen LogP contribution is -2.22. The zero-order valence-corrected chi connectivity index (χ0v) is 17.3. The van der Waals surface area contributed by atoms with Crippen LogP contribution in [0, 0.1) is 11.3 Å². The Morgan fingerprint density at radius 2 is 2.13 bits per heavy atom. The van der Waals surface area contributed by atoms with Gasteiger partial charge in [-0.3, -0.25) is 4.99 Å². The van der Waals surface area contributed by atoms with E-state index in [1.54, 1.807) is 18.4 Å². The fourth-order valence-corrected chi connectivity index (χ4v) is 3.80. The topological polar surface area (TPSA) is 89.2 Å². The smallest absolute Gasteiger partial charge is 0.224 e. The van der Waals surface area contributed by atoms with Crippen LogP contribution in [0.3, 0.4) is 0 Å². The van der Waals surface area contributed by atoms with Gasteiger partial charge in [-0.25, -0.2) is 4.68 Å². The number of ether oxygens (including phenoxy) is 1. The largest absolute Gasteiger partial charge is 0.422 e. The number of aliphatic imine (C=N–C) groups is 1. The minimum Gasteiger partial charge on any atom is -0.422 e. The molecule has 2 N–H and O–H groups in total. The average Bonchev–Trinajstić information content (AvgIpc) is 3.54. The molecule has 30 heavy (non-hydrogen) atoms. The summed E-state index contributed by atoms with van der Waals surface area (Å²) in [5, 5.41) is 14.6. The SMILES string of the molecule is C=C/C=C\N=C(C)c1ccc(C2C(C#N)=C(N)Oc3c2c(CC)nn3C2CC2)cc1. The first-order valence-electron chi connectivity index (χ1n) is 10.2. The third-order valence-electron chi connectivity index (χ3n) is 5.53. The minimum absolute atomic E-state index is 0.163. The fraction of sp³-hybridized carbons (Fsp3) is 0.292. The zero-order valence-electron chi connectivity index (χ0n) is 17.3. The van der Waals surface area contributed by atoms with Crippen LogP contribution in [0.15, 0.2) is 65.6 Å². The van der Waals surface area contributed by atoms with Gasteiger partial charge in [0.05, 0.1) is 23.2 Å². The molecule has 1 aliphatic carbocycles. The second kappa shape index (κ2) is 8.03. The summed E-state index contributed by atoms with van der Waals surface area (Å²) in [6.45, 7) is 7.68. The number of nitrogens with zero attached hydrogens (tertiary/aromatic N) is 4. The number of benzene rings is 1. The van der Waals surface area contributed by atoms with Crippen molar-refractivity contribution >= 4 is 5.71 Å². The lowest BCUT2D eigenvalue weighted by Gasteiger charge is -2.25. The van der Waals surface area contributed by atoms with Crippen LogP contribution in [0.5, 0.6) is 5.88 Å². The number of aryl methyl sites for hydroxylation is 1. The summed E-state index contributed by atoms with van der Waals surface area (Å²) in [5.41, 5.74) is 11.4. The Morgan fingerprint density at radius 1 is 1.40 bits per heavy atom. The first kappa shape index (κ1) is 19.7. The third kappa shape index (κ3) is 3.43. The van der Waals surface area contributed by atoms with E-state index >= 15 is 0 Å². The molecule has 1 saturated carbocycles. The van der Waals surface area contributed by atoms with Gasteiger partial charge in [-0.05, 0) is 43.4 Å². The monoisotopic (exact) mass is 399 g/mol. The third-order valence-corrected chi connectivity index (χ3v) is 5.53. The standard InChI is InChI=1S/C24H25N5O/c1-4-6-13-27-15(3)16-7-9-17(10-8-16)21-19(14-25)23(26)30-24-22(21)20(5-2)28-29(24)18-11-12-18/h4,6-10,13,18,21H,1,5,11-12,26H2,2-3H3/b13-6-,27-15?. The van der Waals surface area contributed by atoms with Crippen molar-refractivity contribution in [1.82, 2.24) is 9.78 Å². The predicted molar refractivity (Wildman–Crippen MR) is 117 cm³/mol. The summed E-state index contributed by atoms with van der Waals surface area (Å²) in [7, 11) is 0. The molecule has 2 heterocycles. The van der Waals surface area contributed by atoms with Gasteiger partial charge in [-0.15, -0.1) is 0 Å². The molecular formula is C24H25N5O. The molecule has 1 aliphatic heterocycles. The van der Waals surface area contributed by atoms with E-state index < -0.39 is 0 Å². The number of hydrogen-bond donors (Lipinski definition) is 1. The number of fused-ring (bicyclic) bond motifs is 1. The van der Waals surface area contributed by atoms with Crippen LogP contribution in [0.2, 0.25) is 0 Å². The normalized spacial score (nSPS) is 18.8. The van der Waals surface area contributed by atoms with Crippen molar-refractivity contribution < 1.29 is 4.74 Å². The van der Waals surface area contributed by atoms with Crippen molar-refractivity contribution in [3.8, 4) is 11.9 Å². The van der Waals surface area contributed by atoms with E-state index in [1.165, 1.54) is 0 Å². The van der Waals surface area contributed by atoms with Crippen LogP contribution in [0.25, 0.3) is 0 Å². The summed E-state index contributed by atoms with van der Waals surface area (Å²) >= 11 is 0. The van der Waals surface area contributed by atoms with Crippen molar-refractivity contribution in [2.45, 2.75) is 45.1 Å². The highest BCUT2D eigenvalue weighted by Gasteiger charge is 2.39. The maximum Gasteiger partial charge on any atom is 0.224 e. The van der Waals surface area contributed by atoms with Gasteiger partial charge in [0.25, 0.3) is 0 Å².